The number of ether oxygens (including phenoxy) is 3. The number of aliphatic hydroxyl groups is 1. The summed E-state index contributed by atoms with van der Waals surface area (Å²) in [6.07, 6.45) is 0.0375. The van der Waals surface area contributed by atoms with E-state index >= 15 is 0 Å². The number of carbonyl (C=O) groups is 1. The van der Waals surface area contributed by atoms with Crippen molar-refractivity contribution < 1.29 is 24.1 Å². The van der Waals surface area contributed by atoms with E-state index in [1.165, 1.54) is 16.7 Å². The monoisotopic (exact) mass is 452 g/mol. The molecule has 2 aliphatic heterocycles. The second-order valence-corrected chi connectivity index (χ2v) is 8.45. The molecule has 0 radical (unpaired) electrons. The molecule has 8 heteroatoms. The van der Waals surface area contributed by atoms with E-state index in [0.717, 1.165) is 0 Å². The first-order chi connectivity index (χ1) is 15.5. The van der Waals surface area contributed by atoms with E-state index in [0.29, 0.717) is 45.6 Å². The average Bonchev–Trinajstić information content (AvgIpc) is 3.18. The van der Waals surface area contributed by atoms with Gasteiger partial charge in [-0.1, -0.05) is 12.1 Å². The van der Waals surface area contributed by atoms with E-state index < -0.39 is 11.6 Å². The number of benzene rings is 2. The number of nitrogens with zero attached hydrogens (tertiary/aromatic N) is 2. The number of rotatable bonds is 6. The zero-order valence-corrected chi connectivity index (χ0v) is 18.9. The van der Waals surface area contributed by atoms with Gasteiger partial charge in [-0.2, -0.15) is 5.26 Å². The van der Waals surface area contributed by atoms with Crippen molar-refractivity contribution in [1.82, 2.24) is 4.90 Å². The summed E-state index contributed by atoms with van der Waals surface area (Å²) < 4.78 is 16.3. The molecule has 2 aromatic carbocycles. The molecule has 166 valence electrons. The Kier molecular flexibility index (Phi) is 6.04. The van der Waals surface area contributed by atoms with Crippen molar-refractivity contribution in [3.63, 3.8) is 0 Å². The summed E-state index contributed by atoms with van der Waals surface area (Å²) in [5.41, 5.74) is 0.184. The number of amides is 1. The molecule has 4 rings (SSSR count). The quantitative estimate of drug-likeness (QED) is 0.714. The first-order valence-electron chi connectivity index (χ1n) is 10.2. The third-order valence-electron chi connectivity index (χ3n) is 5.75. The van der Waals surface area contributed by atoms with E-state index in [2.05, 4.69) is 6.07 Å². The van der Waals surface area contributed by atoms with E-state index in [9.17, 15) is 15.2 Å². The Morgan fingerprint density at radius 1 is 1.19 bits per heavy atom. The Bertz CT molecular complexity index is 1110. The predicted molar refractivity (Wildman–Crippen MR) is 120 cm³/mol. The van der Waals surface area contributed by atoms with E-state index in [4.69, 9.17) is 14.2 Å². The number of methoxy groups -OCH3 is 2. The molecular formula is C24H24N2O5S. The summed E-state index contributed by atoms with van der Waals surface area (Å²) >= 11 is 1.31. The SMILES string of the molecule is CCOc1ccc(C2(O)CSC3=C(C#N)C(c4cc(OC)ccc4OC)CC(=O)N32)cc1. The molecule has 0 saturated carbocycles. The number of fused-ring (bicyclic) bond motifs is 1. The number of hydrogen-bond acceptors (Lipinski definition) is 7. The van der Waals surface area contributed by atoms with E-state index in [1.807, 2.05) is 6.92 Å². The largest absolute Gasteiger partial charge is 0.497 e. The summed E-state index contributed by atoms with van der Waals surface area (Å²) in [5, 5.41) is 22.1. The highest BCUT2D eigenvalue weighted by atomic mass is 32.2. The van der Waals surface area contributed by atoms with Crippen LogP contribution < -0.4 is 14.2 Å². The van der Waals surface area contributed by atoms with Crippen molar-refractivity contribution in [3.8, 4) is 23.3 Å². The minimum atomic E-state index is -1.53. The van der Waals surface area contributed by atoms with Crippen LogP contribution in [0.25, 0.3) is 0 Å². The molecule has 2 atom stereocenters. The molecule has 2 heterocycles. The molecule has 1 fully saturated rings. The standard InChI is InChI=1S/C24H24N2O5S/c1-4-31-16-7-5-15(6-8-16)24(28)14-32-23-20(13-25)18(12-22(27)26(23)24)19-11-17(29-2)9-10-21(19)30-3/h5-11,18,28H,4,12,14H2,1-3H3. The molecule has 1 N–H and O–H groups in total. The molecule has 0 aliphatic carbocycles. The lowest BCUT2D eigenvalue weighted by atomic mass is 9.84. The van der Waals surface area contributed by atoms with E-state index in [-0.39, 0.29) is 18.1 Å². The summed E-state index contributed by atoms with van der Waals surface area (Å²) in [6, 6.07) is 14.7. The van der Waals surface area contributed by atoms with Gasteiger partial charge in [-0.05, 0) is 37.3 Å². The number of carbonyl (C=O) groups excluding carboxylic acids is 1. The highest BCUT2D eigenvalue weighted by molar-refractivity contribution is 8.03. The summed E-state index contributed by atoms with van der Waals surface area (Å²) in [4.78, 5) is 14.7. The van der Waals surface area contributed by atoms with Crippen molar-refractivity contribution >= 4 is 17.7 Å². The fourth-order valence-corrected chi connectivity index (χ4v) is 5.56. The fraction of sp³-hybridized carbons (Fsp3) is 0.333. The van der Waals surface area contributed by atoms with Crippen LogP contribution in [0.4, 0.5) is 0 Å². The molecule has 1 amide bonds. The summed E-state index contributed by atoms with van der Waals surface area (Å²) in [7, 11) is 3.11. The lowest BCUT2D eigenvalue weighted by Crippen LogP contribution is -2.48. The van der Waals surface area contributed by atoms with Crippen LogP contribution in [0.5, 0.6) is 17.2 Å². The van der Waals surface area contributed by atoms with Gasteiger partial charge in [0, 0.05) is 23.5 Å². The van der Waals surface area contributed by atoms with Crippen LogP contribution in [0.3, 0.4) is 0 Å². The van der Waals surface area contributed by atoms with Crippen molar-refractivity contribution in [1.29, 1.82) is 5.26 Å². The molecule has 2 aromatic rings. The smallest absolute Gasteiger partial charge is 0.231 e. The van der Waals surface area contributed by atoms with E-state index in [1.54, 1.807) is 56.7 Å². The van der Waals surface area contributed by atoms with Crippen LogP contribution in [-0.4, -0.2) is 42.5 Å². The Hall–Kier alpha value is -3.15. The van der Waals surface area contributed by atoms with Gasteiger partial charge in [0.05, 0.1) is 43.3 Å². The zero-order chi connectivity index (χ0) is 22.9. The van der Waals surface area contributed by atoms with Crippen molar-refractivity contribution in [2.24, 2.45) is 0 Å². The van der Waals surface area contributed by atoms with Crippen molar-refractivity contribution in [3.05, 3.63) is 64.2 Å². The Morgan fingerprint density at radius 3 is 2.53 bits per heavy atom. The Morgan fingerprint density at radius 2 is 1.91 bits per heavy atom. The van der Waals surface area contributed by atoms with Crippen LogP contribution in [0.2, 0.25) is 0 Å². The third kappa shape index (κ3) is 3.57. The maximum atomic E-state index is 13.3. The zero-order valence-electron chi connectivity index (χ0n) is 18.1. The number of thioether (sulfide) groups is 1. The predicted octanol–water partition coefficient (Wildman–Crippen LogP) is 3.75. The minimum Gasteiger partial charge on any atom is -0.497 e. The molecular weight excluding hydrogens is 428 g/mol. The van der Waals surface area contributed by atoms with Crippen LogP contribution in [-0.2, 0) is 10.5 Å². The maximum Gasteiger partial charge on any atom is 0.231 e. The topological polar surface area (TPSA) is 92.0 Å². The normalized spacial score (nSPS) is 22.4. The second-order valence-electron chi connectivity index (χ2n) is 7.49. The van der Waals surface area contributed by atoms with Crippen LogP contribution >= 0.6 is 11.8 Å². The van der Waals surface area contributed by atoms with Crippen LogP contribution in [0.15, 0.2) is 53.1 Å². The minimum absolute atomic E-state index is 0.0375. The molecule has 2 aliphatic rings. The average molecular weight is 453 g/mol. The van der Waals surface area contributed by atoms with Gasteiger partial charge in [-0.15, -0.1) is 11.8 Å². The number of allylic oxidation sites excluding steroid dienone is 1. The first kappa shape index (κ1) is 22.1. The van der Waals surface area contributed by atoms with Gasteiger partial charge in [-0.25, -0.2) is 0 Å². The summed E-state index contributed by atoms with van der Waals surface area (Å²) in [5.74, 6) is 1.37. The highest BCUT2D eigenvalue weighted by Gasteiger charge is 2.52. The number of nitriles is 1. The fourth-order valence-electron chi connectivity index (χ4n) is 4.20. The number of hydrogen-bond donors (Lipinski definition) is 1. The van der Waals surface area contributed by atoms with Crippen molar-refractivity contribution in [2.75, 3.05) is 26.6 Å². The summed E-state index contributed by atoms with van der Waals surface area (Å²) in [6.45, 7) is 2.44. The van der Waals surface area contributed by atoms with Gasteiger partial charge in [0.1, 0.15) is 17.2 Å². The maximum absolute atomic E-state index is 13.3. The lowest BCUT2D eigenvalue weighted by molar-refractivity contribution is -0.149. The van der Waals surface area contributed by atoms with Gasteiger partial charge >= 0.3 is 0 Å². The molecule has 7 nitrogen and oxygen atoms in total. The Labute approximate surface area is 191 Å². The molecule has 0 bridgehead atoms. The molecule has 32 heavy (non-hydrogen) atoms. The Balaban J connectivity index is 1.77. The van der Waals surface area contributed by atoms with Crippen LogP contribution in [0.1, 0.15) is 30.4 Å². The highest BCUT2D eigenvalue weighted by Crippen LogP contribution is 2.52. The van der Waals surface area contributed by atoms with Gasteiger partial charge in [0.25, 0.3) is 0 Å². The molecule has 0 spiro atoms. The van der Waals surface area contributed by atoms with Gasteiger partial charge < -0.3 is 19.3 Å². The lowest BCUT2D eigenvalue weighted by Gasteiger charge is -2.38. The molecule has 0 aromatic heterocycles. The second kappa shape index (κ2) is 8.77. The van der Waals surface area contributed by atoms with Crippen molar-refractivity contribution in [2.45, 2.75) is 25.0 Å². The van der Waals surface area contributed by atoms with Gasteiger partial charge in [0.2, 0.25) is 5.91 Å². The van der Waals surface area contributed by atoms with Gasteiger partial charge in [0.15, 0.2) is 5.72 Å². The third-order valence-corrected chi connectivity index (χ3v) is 6.97. The first-order valence-corrected chi connectivity index (χ1v) is 11.2. The molecule has 1 saturated heterocycles. The molecule has 2 unspecified atom stereocenters. The van der Waals surface area contributed by atoms with Gasteiger partial charge in [-0.3, -0.25) is 9.69 Å². The van der Waals surface area contributed by atoms with Crippen LogP contribution in [0, 0.1) is 11.3 Å².